The fourth-order valence-corrected chi connectivity index (χ4v) is 8.71. The largest absolute Gasteiger partial charge is 0.469 e. The summed E-state index contributed by atoms with van der Waals surface area (Å²) in [5.74, 6) is -1.97. The van der Waals surface area contributed by atoms with Crippen LogP contribution in [0.2, 0.25) is 0 Å². The van der Waals surface area contributed by atoms with Gasteiger partial charge in [0.1, 0.15) is 122 Å². The molecule has 2 amide bonds. The molecule has 25 atom stereocenters. The topological polar surface area (TPSA) is 460 Å². The molecule has 5 rings (SSSR count). The van der Waals surface area contributed by atoms with Crippen LogP contribution in [0.15, 0.2) is 0 Å². The fourth-order valence-electron chi connectivity index (χ4n) is 8.71. The molecule has 30 heteroatoms. The number of esters is 1. The molecule has 0 spiro atoms. The highest BCUT2D eigenvalue weighted by Gasteiger charge is 2.56. The van der Waals surface area contributed by atoms with E-state index in [9.17, 15) is 85.9 Å². The van der Waals surface area contributed by atoms with Gasteiger partial charge in [0.2, 0.25) is 11.8 Å². The third kappa shape index (κ3) is 14.4. The summed E-state index contributed by atoms with van der Waals surface area (Å²) in [6.45, 7) is -2.26. The molecule has 5 aliphatic heterocycles. The molecule has 5 fully saturated rings. The Bertz CT molecular complexity index is 1660. The van der Waals surface area contributed by atoms with Gasteiger partial charge in [-0.15, -0.1) is 0 Å². The summed E-state index contributed by atoms with van der Waals surface area (Å²) in [6, 6.07) is -3.27. The average molecular weight is 1040 g/mol. The molecule has 0 aromatic heterocycles. The van der Waals surface area contributed by atoms with E-state index in [2.05, 4.69) is 15.4 Å². The van der Waals surface area contributed by atoms with Crippen LogP contribution in [-0.4, -0.2) is 289 Å². The number of aliphatic hydroxyl groups excluding tert-OH is 14. The molecule has 0 unspecified atom stereocenters. The minimum atomic E-state index is -2.00. The number of amides is 2. The van der Waals surface area contributed by atoms with Crippen LogP contribution in [0.4, 0.5) is 0 Å². The predicted octanol–water partition coefficient (Wildman–Crippen LogP) is -9.88. The first kappa shape index (κ1) is 59.3. The predicted molar refractivity (Wildman–Crippen MR) is 224 cm³/mol. The van der Waals surface area contributed by atoms with Crippen LogP contribution in [0.25, 0.3) is 0 Å². The number of hydrogen-bond acceptors (Lipinski definition) is 28. The Morgan fingerprint density at radius 1 is 0.437 bits per heavy atom. The van der Waals surface area contributed by atoms with Crippen LogP contribution in [0, 0.1) is 0 Å². The second-order valence-electron chi connectivity index (χ2n) is 17.7. The van der Waals surface area contributed by atoms with Crippen LogP contribution in [0.1, 0.15) is 39.5 Å². The lowest BCUT2D eigenvalue weighted by Crippen LogP contribution is -2.69. The first-order valence-corrected chi connectivity index (χ1v) is 23.0. The van der Waals surface area contributed by atoms with Crippen molar-refractivity contribution in [3.8, 4) is 0 Å². The average Bonchev–Trinajstić information content (AvgIpc) is 3.34. The number of ether oxygens (including phenoxy) is 11. The molecule has 0 radical (unpaired) electrons. The highest BCUT2D eigenvalue weighted by Crippen LogP contribution is 2.35. The van der Waals surface area contributed by atoms with E-state index < -0.39 is 204 Å². The van der Waals surface area contributed by atoms with E-state index >= 15 is 0 Å². The quantitative estimate of drug-likeness (QED) is 0.0354. The summed E-state index contributed by atoms with van der Waals surface area (Å²) in [4.78, 5) is 36.6. The van der Waals surface area contributed by atoms with Crippen LogP contribution in [0.3, 0.4) is 0 Å². The first-order chi connectivity index (χ1) is 33.7. The van der Waals surface area contributed by atoms with E-state index in [0.717, 1.165) is 13.8 Å². The van der Waals surface area contributed by atoms with E-state index in [-0.39, 0.29) is 13.0 Å². The zero-order chi connectivity index (χ0) is 52.4. The second-order valence-corrected chi connectivity index (χ2v) is 17.7. The highest BCUT2D eigenvalue weighted by atomic mass is 16.8. The van der Waals surface area contributed by atoms with Crippen molar-refractivity contribution in [2.75, 3.05) is 46.8 Å². The van der Waals surface area contributed by atoms with Gasteiger partial charge in [-0.05, 0) is 12.8 Å². The molecule has 0 aromatic carbocycles. The summed E-state index contributed by atoms with van der Waals surface area (Å²) in [7, 11) is 1.24. The van der Waals surface area contributed by atoms with Crippen molar-refractivity contribution < 1.29 is 138 Å². The minimum Gasteiger partial charge on any atom is -0.469 e. The molecule has 5 aliphatic rings. The van der Waals surface area contributed by atoms with Gasteiger partial charge in [0, 0.05) is 26.9 Å². The summed E-state index contributed by atoms with van der Waals surface area (Å²) < 4.78 is 62.9. The SMILES string of the molecule is COC(=O)CCCCCO[C@@H]1O[C@H](CO[C@@H]2O[C@H](CO)[C@@H](O[C@@H]3O[C@H](CO)[C@H](O)[C@H](O)[C@H]3O)[C@H](O)[C@H]2NC(C)=O)[C@H](O[C@@H]2O[C@H](CO)[C@@H](O[C@@H]3O[C@H](CO)[C@H](O)[C@H](O)[C@H]3O)[C@H](O)[C@H]2NC(C)=O)[C@H](O)[C@H]1O. The molecule has 412 valence electrons. The van der Waals surface area contributed by atoms with Crippen molar-refractivity contribution in [1.82, 2.24) is 10.6 Å². The second kappa shape index (κ2) is 27.3. The maximum absolute atomic E-state index is 12.6. The van der Waals surface area contributed by atoms with Crippen LogP contribution in [0.5, 0.6) is 0 Å². The van der Waals surface area contributed by atoms with E-state index in [1.807, 2.05) is 0 Å². The number of rotatable bonds is 22. The lowest BCUT2D eigenvalue weighted by molar-refractivity contribution is -0.372. The van der Waals surface area contributed by atoms with Crippen molar-refractivity contribution in [1.29, 1.82) is 0 Å². The van der Waals surface area contributed by atoms with E-state index in [1.165, 1.54) is 7.11 Å². The lowest BCUT2D eigenvalue weighted by Gasteiger charge is -2.49. The molecule has 0 bridgehead atoms. The van der Waals surface area contributed by atoms with Crippen LogP contribution >= 0.6 is 0 Å². The Morgan fingerprint density at radius 2 is 0.845 bits per heavy atom. The first-order valence-electron chi connectivity index (χ1n) is 23.0. The van der Waals surface area contributed by atoms with Gasteiger partial charge in [-0.3, -0.25) is 14.4 Å². The monoisotopic (exact) mass is 1040 g/mol. The fraction of sp³-hybridized carbons (Fsp3) is 0.927. The van der Waals surface area contributed by atoms with Crippen molar-refractivity contribution in [3.05, 3.63) is 0 Å². The number of hydrogen-bond donors (Lipinski definition) is 16. The van der Waals surface area contributed by atoms with Crippen molar-refractivity contribution >= 4 is 17.8 Å². The number of carbonyl (C=O) groups excluding carboxylic acids is 3. The van der Waals surface area contributed by atoms with Gasteiger partial charge in [0.05, 0.1) is 40.1 Å². The zero-order valence-corrected chi connectivity index (χ0v) is 39.0. The Hall–Kier alpha value is -2.55. The molecule has 0 aliphatic carbocycles. The van der Waals surface area contributed by atoms with Gasteiger partial charge in [0.15, 0.2) is 31.5 Å². The van der Waals surface area contributed by atoms with Gasteiger partial charge in [-0.1, -0.05) is 6.42 Å². The Balaban J connectivity index is 1.39. The molecular formula is C41H70N2O28. The van der Waals surface area contributed by atoms with Crippen molar-refractivity contribution in [3.63, 3.8) is 0 Å². The van der Waals surface area contributed by atoms with Gasteiger partial charge in [-0.2, -0.15) is 0 Å². The van der Waals surface area contributed by atoms with E-state index in [1.54, 1.807) is 0 Å². The normalized spacial score (nSPS) is 44.2. The standard InChI is InChI=1S/C41H70N2O28/c1-14(48)42-22-26(53)34(70-40-31(58)28(55)24(51)16(9-44)64-40)18(11-46)66-37(22)63-13-20-36(30(57)33(60)39(68-20)62-8-6-4-5-7-21(50)61-3)69-38-23(43-15(2)49)27(54)35(19(12-47)67-38)71-41-32(59)29(56)25(52)17(10-45)65-41/h16-20,22-41,44-47,51-60H,4-13H2,1-3H3,(H,42,48)(H,43,49)/t16-,17-,18-,19-,20-,22-,23-,24+,25+,26-,27-,28+,29+,30-,31-,32-,33-,34-,35-,36+,37-,38+,39-,40+,41+/m1/s1. The number of aliphatic hydroxyl groups is 14. The van der Waals surface area contributed by atoms with Crippen molar-refractivity contribution in [2.24, 2.45) is 0 Å². The smallest absolute Gasteiger partial charge is 0.305 e. The summed E-state index contributed by atoms with van der Waals surface area (Å²) in [5.41, 5.74) is 0. The number of carbonyl (C=O) groups is 3. The van der Waals surface area contributed by atoms with Gasteiger partial charge < -0.3 is 134 Å². The van der Waals surface area contributed by atoms with Crippen LogP contribution in [-0.2, 0) is 66.5 Å². The lowest BCUT2D eigenvalue weighted by atomic mass is 9.94. The van der Waals surface area contributed by atoms with Crippen molar-refractivity contribution in [2.45, 2.75) is 193 Å². The maximum Gasteiger partial charge on any atom is 0.305 e. The van der Waals surface area contributed by atoms with Crippen LogP contribution < -0.4 is 10.6 Å². The third-order valence-electron chi connectivity index (χ3n) is 12.6. The Labute approximate surface area is 405 Å². The number of methoxy groups -OCH3 is 1. The molecule has 0 aromatic rings. The molecule has 71 heavy (non-hydrogen) atoms. The van der Waals surface area contributed by atoms with Gasteiger partial charge in [0.25, 0.3) is 0 Å². The molecule has 30 nitrogen and oxygen atoms in total. The minimum absolute atomic E-state index is 0.0815. The molecule has 16 N–H and O–H groups in total. The zero-order valence-electron chi connectivity index (χ0n) is 39.0. The Kier molecular flexibility index (Phi) is 22.8. The summed E-state index contributed by atoms with van der Waals surface area (Å²) in [5, 5.41) is 154. The highest BCUT2D eigenvalue weighted by molar-refractivity contribution is 5.73. The van der Waals surface area contributed by atoms with Gasteiger partial charge in [-0.25, -0.2) is 0 Å². The number of unbranched alkanes of at least 4 members (excludes halogenated alkanes) is 2. The summed E-state index contributed by atoms with van der Waals surface area (Å²) >= 11 is 0. The molecule has 0 saturated carbocycles. The maximum atomic E-state index is 12.6. The van der Waals surface area contributed by atoms with E-state index in [0.29, 0.717) is 19.3 Å². The van der Waals surface area contributed by atoms with Gasteiger partial charge >= 0.3 is 5.97 Å². The van der Waals surface area contributed by atoms with E-state index in [4.69, 9.17) is 47.4 Å². The number of nitrogens with one attached hydrogen (secondary N) is 2. The Morgan fingerprint density at radius 3 is 1.31 bits per heavy atom. The third-order valence-corrected chi connectivity index (χ3v) is 12.6. The molecular weight excluding hydrogens is 968 g/mol. The molecule has 5 heterocycles. The molecule has 5 saturated heterocycles. The summed E-state index contributed by atoms with van der Waals surface area (Å²) in [6.07, 6.45) is -39.4.